The van der Waals surface area contributed by atoms with Gasteiger partial charge in [-0.3, -0.25) is 5.10 Å². The molecule has 0 radical (unpaired) electrons. The van der Waals surface area contributed by atoms with Gasteiger partial charge < -0.3 is 0 Å². The van der Waals surface area contributed by atoms with Crippen molar-refractivity contribution in [1.82, 2.24) is 15.2 Å². The van der Waals surface area contributed by atoms with Gasteiger partial charge in [-0.1, -0.05) is 18.0 Å². The maximum atomic E-state index is 6.06. The Kier molecular flexibility index (Phi) is 1.74. The molecule has 4 heteroatoms. The first-order chi connectivity index (χ1) is 6.86. The van der Waals surface area contributed by atoms with Crippen molar-refractivity contribution in [2.45, 2.75) is 25.2 Å². The first kappa shape index (κ1) is 8.24. The Hall–Kier alpha value is -1.09. The minimum Gasteiger partial charge on any atom is -0.281 e. The molecule has 2 aromatic rings. The first-order valence-electron chi connectivity index (χ1n) is 4.85. The molecule has 3 rings (SSSR count). The number of halogens is 1. The van der Waals surface area contributed by atoms with E-state index < -0.39 is 0 Å². The summed E-state index contributed by atoms with van der Waals surface area (Å²) in [5.74, 6) is 0.613. The van der Waals surface area contributed by atoms with Crippen LogP contribution in [0.25, 0.3) is 10.9 Å². The lowest BCUT2D eigenvalue weighted by Gasteiger charge is -2.24. The van der Waals surface area contributed by atoms with Crippen LogP contribution in [0.5, 0.6) is 0 Å². The minimum absolute atomic E-state index is 0.568. The minimum atomic E-state index is 0.568. The summed E-state index contributed by atoms with van der Waals surface area (Å²) in [6.07, 6.45) is 5.48. The molecule has 2 aromatic heterocycles. The van der Waals surface area contributed by atoms with Gasteiger partial charge in [-0.2, -0.15) is 5.10 Å². The Bertz CT molecular complexity index is 473. The van der Waals surface area contributed by atoms with Crippen LogP contribution >= 0.6 is 11.6 Å². The third kappa shape index (κ3) is 1.05. The molecule has 2 heterocycles. The fourth-order valence-electron chi connectivity index (χ4n) is 1.94. The van der Waals surface area contributed by atoms with Gasteiger partial charge >= 0.3 is 0 Å². The lowest BCUT2D eigenvalue weighted by atomic mass is 9.82. The number of hydrogen-bond acceptors (Lipinski definition) is 2. The van der Waals surface area contributed by atoms with E-state index in [0.717, 1.165) is 10.9 Å². The van der Waals surface area contributed by atoms with E-state index in [1.54, 1.807) is 6.20 Å². The molecule has 1 saturated carbocycles. The molecule has 0 spiro atoms. The van der Waals surface area contributed by atoms with Crippen LogP contribution in [0.15, 0.2) is 12.3 Å². The zero-order chi connectivity index (χ0) is 9.54. The summed E-state index contributed by atoms with van der Waals surface area (Å²) in [5.41, 5.74) is 2.09. The highest BCUT2D eigenvalue weighted by atomic mass is 35.5. The fraction of sp³-hybridized carbons (Fsp3) is 0.400. The second kappa shape index (κ2) is 2.95. The highest BCUT2D eigenvalue weighted by Gasteiger charge is 2.24. The number of aromatic nitrogens is 3. The van der Waals surface area contributed by atoms with Crippen LogP contribution < -0.4 is 0 Å². The maximum absolute atomic E-state index is 6.06. The molecule has 0 bridgehead atoms. The van der Waals surface area contributed by atoms with Crippen LogP contribution in [-0.4, -0.2) is 15.2 Å². The summed E-state index contributed by atoms with van der Waals surface area (Å²) in [6, 6.07) is 1.89. The van der Waals surface area contributed by atoms with E-state index in [0.29, 0.717) is 11.1 Å². The fourth-order valence-corrected chi connectivity index (χ4v) is 2.19. The summed E-state index contributed by atoms with van der Waals surface area (Å²) >= 11 is 6.06. The monoisotopic (exact) mass is 207 g/mol. The number of nitrogens with one attached hydrogen (secondary N) is 1. The summed E-state index contributed by atoms with van der Waals surface area (Å²) in [6.45, 7) is 0. The Morgan fingerprint density at radius 3 is 3.00 bits per heavy atom. The third-order valence-corrected chi connectivity index (χ3v) is 3.25. The van der Waals surface area contributed by atoms with Crippen LogP contribution in [0.1, 0.15) is 30.9 Å². The summed E-state index contributed by atoms with van der Waals surface area (Å²) in [5, 5.41) is 8.90. The van der Waals surface area contributed by atoms with Crippen LogP contribution in [0, 0.1) is 0 Å². The molecule has 0 saturated heterocycles. The second-order valence-electron chi connectivity index (χ2n) is 3.76. The molecule has 1 aliphatic rings. The van der Waals surface area contributed by atoms with Crippen molar-refractivity contribution in [1.29, 1.82) is 0 Å². The van der Waals surface area contributed by atoms with E-state index in [2.05, 4.69) is 15.2 Å². The van der Waals surface area contributed by atoms with Crippen molar-refractivity contribution >= 4 is 22.5 Å². The van der Waals surface area contributed by atoms with Crippen LogP contribution in [0.2, 0.25) is 5.15 Å². The summed E-state index contributed by atoms with van der Waals surface area (Å²) < 4.78 is 0. The van der Waals surface area contributed by atoms with E-state index in [-0.39, 0.29) is 0 Å². The van der Waals surface area contributed by atoms with Crippen molar-refractivity contribution in [2.75, 3.05) is 0 Å². The molecule has 0 unspecified atom stereocenters. The van der Waals surface area contributed by atoms with Gasteiger partial charge in [0.15, 0.2) is 0 Å². The quantitative estimate of drug-likeness (QED) is 0.731. The zero-order valence-corrected chi connectivity index (χ0v) is 8.38. The van der Waals surface area contributed by atoms with Crippen LogP contribution in [0.3, 0.4) is 0 Å². The Morgan fingerprint density at radius 2 is 2.29 bits per heavy atom. The van der Waals surface area contributed by atoms with E-state index in [9.17, 15) is 0 Å². The summed E-state index contributed by atoms with van der Waals surface area (Å²) in [4.78, 5) is 4.09. The molecule has 0 aliphatic heterocycles. The van der Waals surface area contributed by atoms with Gasteiger partial charge in [0.25, 0.3) is 0 Å². The molecule has 14 heavy (non-hydrogen) atoms. The van der Waals surface area contributed by atoms with E-state index >= 15 is 0 Å². The number of rotatable bonds is 1. The standard InChI is InChI=1S/C10H10ClN3/c11-10-8-7(4-5-12-10)13-14-9(8)6-2-1-3-6/h4-6H,1-3H2,(H,13,14). The number of nitrogens with zero attached hydrogens (tertiary/aromatic N) is 2. The van der Waals surface area contributed by atoms with Gasteiger partial charge in [-0.15, -0.1) is 0 Å². The Balaban J connectivity index is 2.23. The molecule has 1 fully saturated rings. The van der Waals surface area contributed by atoms with Crippen LogP contribution in [0.4, 0.5) is 0 Å². The molecular formula is C10H10ClN3. The van der Waals surface area contributed by atoms with Gasteiger partial charge in [-0.25, -0.2) is 4.98 Å². The third-order valence-electron chi connectivity index (χ3n) is 2.96. The average Bonchev–Trinajstić information content (AvgIpc) is 2.47. The number of H-pyrrole nitrogens is 1. The lowest BCUT2D eigenvalue weighted by molar-refractivity contribution is 0.413. The number of hydrogen-bond donors (Lipinski definition) is 1. The van der Waals surface area contributed by atoms with Gasteiger partial charge in [0.2, 0.25) is 0 Å². The normalized spacial score (nSPS) is 17.2. The van der Waals surface area contributed by atoms with Crippen LogP contribution in [-0.2, 0) is 0 Å². The van der Waals surface area contributed by atoms with Crippen molar-refractivity contribution < 1.29 is 0 Å². The first-order valence-corrected chi connectivity index (χ1v) is 5.22. The van der Waals surface area contributed by atoms with Gasteiger partial charge in [0.05, 0.1) is 10.9 Å². The molecule has 3 nitrogen and oxygen atoms in total. The average molecular weight is 208 g/mol. The van der Waals surface area contributed by atoms with E-state index in [4.69, 9.17) is 11.6 Å². The van der Waals surface area contributed by atoms with E-state index in [1.807, 2.05) is 6.07 Å². The molecule has 1 N–H and O–H groups in total. The van der Waals surface area contributed by atoms with Crippen molar-refractivity contribution in [3.8, 4) is 0 Å². The number of fused-ring (bicyclic) bond motifs is 1. The predicted octanol–water partition coefficient (Wildman–Crippen LogP) is 2.88. The van der Waals surface area contributed by atoms with E-state index in [1.165, 1.54) is 25.0 Å². The molecule has 0 aromatic carbocycles. The molecule has 0 atom stereocenters. The van der Waals surface area contributed by atoms with Gasteiger partial charge in [0, 0.05) is 17.8 Å². The zero-order valence-electron chi connectivity index (χ0n) is 7.63. The number of aromatic amines is 1. The SMILES string of the molecule is Clc1nccc2n[nH]c(C3CCC3)c12. The Morgan fingerprint density at radius 1 is 1.43 bits per heavy atom. The summed E-state index contributed by atoms with van der Waals surface area (Å²) in [7, 11) is 0. The lowest BCUT2D eigenvalue weighted by Crippen LogP contribution is -2.09. The number of pyridine rings is 1. The van der Waals surface area contributed by atoms with Crippen molar-refractivity contribution in [3.05, 3.63) is 23.1 Å². The molecule has 0 amide bonds. The largest absolute Gasteiger partial charge is 0.281 e. The smallest absolute Gasteiger partial charge is 0.140 e. The highest BCUT2D eigenvalue weighted by molar-refractivity contribution is 6.34. The second-order valence-corrected chi connectivity index (χ2v) is 4.12. The Labute approximate surface area is 86.5 Å². The van der Waals surface area contributed by atoms with Crippen molar-refractivity contribution in [2.24, 2.45) is 0 Å². The topological polar surface area (TPSA) is 41.6 Å². The van der Waals surface area contributed by atoms with Gasteiger partial charge in [0.1, 0.15) is 5.15 Å². The predicted molar refractivity (Wildman–Crippen MR) is 55.5 cm³/mol. The molecule has 72 valence electrons. The highest BCUT2D eigenvalue weighted by Crippen LogP contribution is 2.39. The van der Waals surface area contributed by atoms with Crippen molar-refractivity contribution in [3.63, 3.8) is 0 Å². The van der Waals surface area contributed by atoms with Gasteiger partial charge in [-0.05, 0) is 18.9 Å². The maximum Gasteiger partial charge on any atom is 0.140 e. The molecule has 1 aliphatic carbocycles. The molecular weight excluding hydrogens is 198 g/mol.